The van der Waals surface area contributed by atoms with Gasteiger partial charge in [0, 0.05) is 31.2 Å². The van der Waals surface area contributed by atoms with Crippen LogP contribution in [-0.2, 0) is 23.0 Å². The molecular formula is C17H17N5O3S. The molecular weight excluding hydrogens is 354 g/mol. The number of fused-ring (bicyclic) bond motifs is 2. The largest absolute Gasteiger partial charge is 0.399 e. The van der Waals surface area contributed by atoms with E-state index < -0.39 is 10.0 Å². The van der Waals surface area contributed by atoms with Crippen molar-refractivity contribution in [1.29, 1.82) is 0 Å². The van der Waals surface area contributed by atoms with E-state index in [-0.39, 0.29) is 12.5 Å². The van der Waals surface area contributed by atoms with Crippen LogP contribution in [0.15, 0.2) is 36.9 Å². The molecule has 0 saturated heterocycles. The van der Waals surface area contributed by atoms with Crippen LogP contribution in [0.4, 0.5) is 5.69 Å². The Hall–Kier alpha value is -2.78. The van der Waals surface area contributed by atoms with Gasteiger partial charge in [-0.3, -0.25) is 14.3 Å². The first-order valence-corrected chi connectivity index (χ1v) is 9.87. The Balaban J connectivity index is 1.76. The highest BCUT2D eigenvalue weighted by Gasteiger charge is 2.27. The molecule has 0 atom stereocenters. The smallest absolute Gasteiger partial charge is 0.265 e. The number of imidazole rings is 1. The molecule has 0 amide bonds. The van der Waals surface area contributed by atoms with Crippen LogP contribution < -0.4 is 5.73 Å². The fraction of sp³-hybridized carbons (Fsp3) is 0.235. The van der Waals surface area contributed by atoms with Gasteiger partial charge in [-0.1, -0.05) is 0 Å². The Morgan fingerprint density at radius 3 is 2.85 bits per heavy atom. The quantitative estimate of drug-likeness (QED) is 0.673. The second-order valence-electron chi connectivity index (χ2n) is 6.34. The Bertz CT molecular complexity index is 1140. The lowest BCUT2D eigenvalue weighted by Gasteiger charge is -2.27. The molecule has 8 nitrogen and oxygen atoms in total. The number of pyridine rings is 1. The molecule has 1 aliphatic rings. The van der Waals surface area contributed by atoms with Crippen LogP contribution in [-0.4, -0.2) is 46.0 Å². The molecule has 2 aromatic heterocycles. The van der Waals surface area contributed by atoms with Gasteiger partial charge in [0.15, 0.2) is 0 Å². The van der Waals surface area contributed by atoms with E-state index in [1.165, 1.54) is 27.7 Å². The van der Waals surface area contributed by atoms with Gasteiger partial charge >= 0.3 is 0 Å². The predicted octanol–water partition coefficient (Wildman–Crippen LogP) is 1.02. The van der Waals surface area contributed by atoms with Crippen LogP contribution in [0.3, 0.4) is 0 Å². The molecule has 0 spiro atoms. The SMILES string of the molecule is CS(=O)(=O)N1CCc2c(cncc2C(=O)n2cnc3cc(N)ccc32)C1. The second-order valence-corrected chi connectivity index (χ2v) is 8.32. The number of nitrogen functional groups attached to an aromatic ring is 1. The first kappa shape index (κ1) is 16.7. The first-order chi connectivity index (χ1) is 12.3. The molecule has 1 aromatic carbocycles. The molecule has 3 heterocycles. The Morgan fingerprint density at radius 1 is 1.27 bits per heavy atom. The lowest BCUT2D eigenvalue weighted by Crippen LogP contribution is -2.36. The fourth-order valence-electron chi connectivity index (χ4n) is 3.26. The number of carbonyl (C=O) groups is 1. The van der Waals surface area contributed by atoms with Crippen molar-refractivity contribution in [2.45, 2.75) is 13.0 Å². The molecule has 0 saturated carbocycles. The number of aromatic nitrogens is 3. The summed E-state index contributed by atoms with van der Waals surface area (Å²) in [6, 6.07) is 5.18. The van der Waals surface area contributed by atoms with Crippen LogP contribution in [0.1, 0.15) is 21.5 Å². The number of nitrogens with zero attached hydrogens (tertiary/aromatic N) is 4. The summed E-state index contributed by atoms with van der Waals surface area (Å²) in [5, 5.41) is 0. The predicted molar refractivity (Wildman–Crippen MR) is 97.1 cm³/mol. The lowest BCUT2D eigenvalue weighted by atomic mass is 9.98. The molecule has 2 N–H and O–H groups in total. The highest BCUT2D eigenvalue weighted by atomic mass is 32.2. The third-order valence-electron chi connectivity index (χ3n) is 4.59. The summed E-state index contributed by atoms with van der Waals surface area (Å²) in [7, 11) is -3.28. The van der Waals surface area contributed by atoms with Gasteiger partial charge in [0.1, 0.15) is 6.33 Å². The van der Waals surface area contributed by atoms with Gasteiger partial charge in [0.2, 0.25) is 10.0 Å². The van der Waals surface area contributed by atoms with Gasteiger partial charge < -0.3 is 5.73 Å². The van der Waals surface area contributed by atoms with Crippen LogP contribution in [0, 0.1) is 0 Å². The van der Waals surface area contributed by atoms with Crippen LogP contribution in [0.2, 0.25) is 0 Å². The first-order valence-electron chi connectivity index (χ1n) is 8.03. The van der Waals surface area contributed by atoms with E-state index in [0.717, 1.165) is 11.1 Å². The van der Waals surface area contributed by atoms with Crippen LogP contribution in [0.5, 0.6) is 0 Å². The monoisotopic (exact) mass is 371 g/mol. The van der Waals surface area contributed by atoms with Crippen molar-refractivity contribution in [3.8, 4) is 0 Å². The molecule has 134 valence electrons. The average molecular weight is 371 g/mol. The third kappa shape index (κ3) is 2.74. The second kappa shape index (κ2) is 5.89. The molecule has 0 radical (unpaired) electrons. The van der Waals surface area contributed by atoms with E-state index >= 15 is 0 Å². The fourth-order valence-corrected chi connectivity index (χ4v) is 4.05. The Kier molecular flexibility index (Phi) is 3.78. The zero-order chi connectivity index (χ0) is 18.5. The van der Waals surface area contributed by atoms with E-state index in [2.05, 4.69) is 9.97 Å². The van der Waals surface area contributed by atoms with E-state index in [1.807, 2.05) is 0 Å². The molecule has 9 heteroatoms. The maximum absolute atomic E-state index is 13.1. The summed E-state index contributed by atoms with van der Waals surface area (Å²) >= 11 is 0. The minimum atomic E-state index is -3.28. The van der Waals surface area contributed by atoms with Crippen molar-refractivity contribution in [2.75, 3.05) is 18.5 Å². The number of nitrogens with two attached hydrogens (primary N) is 1. The molecule has 0 unspecified atom stereocenters. The number of carbonyl (C=O) groups excluding carboxylic acids is 1. The summed E-state index contributed by atoms with van der Waals surface area (Å²) in [4.78, 5) is 21.5. The molecule has 26 heavy (non-hydrogen) atoms. The zero-order valence-electron chi connectivity index (χ0n) is 14.1. The molecule has 0 fully saturated rings. The Labute approximate surface area is 150 Å². The normalized spacial score (nSPS) is 15.1. The van der Waals surface area contributed by atoms with Crippen molar-refractivity contribution >= 4 is 32.7 Å². The summed E-state index contributed by atoms with van der Waals surface area (Å²) in [5.74, 6) is -0.241. The van der Waals surface area contributed by atoms with Gasteiger partial charge in [-0.2, -0.15) is 4.31 Å². The minimum absolute atomic E-state index is 0.226. The third-order valence-corrected chi connectivity index (χ3v) is 5.84. The molecule has 3 aromatic rings. The molecule has 4 rings (SSSR count). The lowest BCUT2D eigenvalue weighted by molar-refractivity contribution is 0.0962. The van der Waals surface area contributed by atoms with E-state index in [9.17, 15) is 13.2 Å². The summed E-state index contributed by atoms with van der Waals surface area (Å²) in [6.45, 7) is 0.570. The van der Waals surface area contributed by atoms with Gasteiger partial charge in [0.25, 0.3) is 5.91 Å². The highest BCUT2D eigenvalue weighted by Crippen LogP contribution is 2.25. The maximum Gasteiger partial charge on any atom is 0.265 e. The number of hydrogen-bond donors (Lipinski definition) is 1. The molecule has 0 aliphatic carbocycles. The van der Waals surface area contributed by atoms with Crippen LogP contribution >= 0.6 is 0 Å². The standard InChI is InChI=1S/C17H17N5O3S/c1-26(24,25)21-5-4-13-11(9-21)7-19-8-14(13)17(23)22-10-20-15-6-12(18)2-3-16(15)22/h2-3,6-8,10H,4-5,9,18H2,1H3. The van der Waals surface area contributed by atoms with Gasteiger partial charge in [-0.15, -0.1) is 0 Å². The van der Waals surface area contributed by atoms with E-state index in [0.29, 0.717) is 35.2 Å². The van der Waals surface area contributed by atoms with E-state index in [1.54, 1.807) is 24.4 Å². The van der Waals surface area contributed by atoms with Gasteiger partial charge in [-0.25, -0.2) is 13.4 Å². The van der Waals surface area contributed by atoms with Crippen molar-refractivity contribution < 1.29 is 13.2 Å². The van der Waals surface area contributed by atoms with E-state index in [4.69, 9.17) is 5.73 Å². The van der Waals surface area contributed by atoms with Crippen molar-refractivity contribution in [2.24, 2.45) is 0 Å². The Morgan fingerprint density at radius 2 is 2.08 bits per heavy atom. The van der Waals surface area contributed by atoms with Crippen molar-refractivity contribution in [3.63, 3.8) is 0 Å². The summed E-state index contributed by atoms with van der Waals surface area (Å²) in [5.41, 5.74) is 9.69. The highest BCUT2D eigenvalue weighted by molar-refractivity contribution is 7.88. The number of anilines is 1. The molecule has 1 aliphatic heterocycles. The van der Waals surface area contributed by atoms with Crippen LogP contribution in [0.25, 0.3) is 11.0 Å². The maximum atomic E-state index is 13.1. The average Bonchev–Trinajstić information content (AvgIpc) is 3.02. The van der Waals surface area contributed by atoms with Gasteiger partial charge in [-0.05, 0) is 35.7 Å². The topological polar surface area (TPSA) is 111 Å². The molecule has 0 bridgehead atoms. The number of benzene rings is 1. The number of sulfonamides is 1. The van der Waals surface area contributed by atoms with Gasteiger partial charge in [0.05, 0.1) is 22.9 Å². The number of rotatable bonds is 2. The van der Waals surface area contributed by atoms with Crippen molar-refractivity contribution in [3.05, 3.63) is 53.6 Å². The summed E-state index contributed by atoms with van der Waals surface area (Å²) < 4.78 is 26.4. The zero-order valence-corrected chi connectivity index (χ0v) is 14.9. The van der Waals surface area contributed by atoms with Crippen molar-refractivity contribution in [1.82, 2.24) is 18.8 Å². The minimum Gasteiger partial charge on any atom is -0.399 e. The summed E-state index contributed by atoms with van der Waals surface area (Å²) in [6.07, 6.45) is 6.27. The number of hydrogen-bond acceptors (Lipinski definition) is 6.